The molecule has 8 heteroatoms. The van der Waals surface area contributed by atoms with Gasteiger partial charge in [0, 0.05) is 43.5 Å². The summed E-state index contributed by atoms with van der Waals surface area (Å²) in [7, 11) is -1.57. The smallest absolute Gasteiger partial charge is 0.246 e. The van der Waals surface area contributed by atoms with Crippen LogP contribution in [0.2, 0.25) is 0 Å². The molecule has 0 radical (unpaired) electrons. The number of aryl methyl sites for hydroxylation is 1. The minimum absolute atomic E-state index is 0.0448. The Bertz CT molecular complexity index is 1020. The van der Waals surface area contributed by atoms with E-state index in [0.29, 0.717) is 25.9 Å². The number of nitrogens with zero attached hydrogens (tertiary/aromatic N) is 4. The normalized spacial score (nSPS) is 16.0. The first-order chi connectivity index (χ1) is 14.2. The summed E-state index contributed by atoms with van der Waals surface area (Å²) in [4.78, 5) is 14.5. The van der Waals surface area contributed by atoms with Crippen LogP contribution in [0.1, 0.15) is 36.7 Å². The van der Waals surface area contributed by atoms with Gasteiger partial charge in [-0.05, 0) is 51.8 Å². The summed E-state index contributed by atoms with van der Waals surface area (Å²) in [5.41, 5.74) is 3.77. The molecule has 1 saturated heterocycles. The van der Waals surface area contributed by atoms with Gasteiger partial charge in [0.1, 0.15) is 0 Å². The number of aromatic nitrogens is 2. The largest absolute Gasteiger partial charge is 0.339 e. The number of carbonyl (C=O) groups is 1. The van der Waals surface area contributed by atoms with Gasteiger partial charge in [0.25, 0.3) is 0 Å². The molecule has 1 aliphatic rings. The topological polar surface area (TPSA) is 75.5 Å². The number of hydrogen-bond acceptors (Lipinski definition) is 4. The summed E-state index contributed by atoms with van der Waals surface area (Å²) >= 11 is 0. The fourth-order valence-electron chi connectivity index (χ4n) is 3.86. The van der Waals surface area contributed by atoms with E-state index in [1.165, 1.54) is 4.31 Å². The van der Waals surface area contributed by atoms with Crippen molar-refractivity contribution < 1.29 is 13.2 Å². The SMILES string of the molecule is CCS(=O)(=O)N(C)C1CCN(C(=O)C=Cc2c(C)nn(-c3ccccc3)c2C)CC1. The van der Waals surface area contributed by atoms with E-state index < -0.39 is 10.0 Å². The molecular formula is C22H30N4O3S. The molecule has 2 aromatic rings. The van der Waals surface area contributed by atoms with Crippen molar-refractivity contribution >= 4 is 22.0 Å². The van der Waals surface area contributed by atoms with Crippen LogP contribution in [0.15, 0.2) is 36.4 Å². The van der Waals surface area contributed by atoms with E-state index in [4.69, 9.17) is 0 Å². The van der Waals surface area contributed by atoms with E-state index in [0.717, 1.165) is 22.6 Å². The van der Waals surface area contributed by atoms with Crippen LogP contribution in [0.25, 0.3) is 11.8 Å². The Hall–Kier alpha value is -2.45. The van der Waals surface area contributed by atoms with Crippen LogP contribution in [0.5, 0.6) is 0 Å². The molecule has 0 saturated carbocycles. The molecule has 1 aromatic carbocycles. The van der Waals surface area contributed by atoms with E-state index in [9.17, 15) is 13.2 Å². The van der Waals surface area contributed by atoms with E-state index in [2.05, 4.69) is 5.10 Å². The minimum Gasteiger partial charge on any atom is -0.339 e. The lowest BCUT2D eigenvalue weighted by molar-refractivity contribution is -0.127. The highest BCUT2D eigenvalue weighted by atomic mass is 32.2. The average molecular weight is 431 g/mol. The van der Waals surface area contributed by atoms with Gasteiger partial charge in [0.05, 0.1) is 17.1 Å². The van der Waals surface area contributed by atoms with Crippen molar-refractivity contribution in [2.24, 2.45) is 0 Å². The third kappa shape index (κ3) is 4.65. The molecule has 0 bridgehead atoms. The summed E-state index contributed by atoms with van der Waals surface area (Å²) in [6.45, 7) is 6.69. The fraction of sp³-hybridized carbons (Fsp3) is 0.455. The summed E-state index contributed by atoms with van der Waals surface area (Å²) in [6.07, 6.45) is 4.73. The predicted octanol–water partition coefficient (Wildman–Crippen LogP) is 2.77. The molecule has 7 nitrogen and oxygen atoms in total. The maximum Gasteiger partial charge on any atom is 0.246 e. The Balaban J connectivity index is 1.66. The quantitative estimate of drug-likeness (QED) is 0.661. The molecule has 1 amide bonds. The predicted molar refractivity (Wildman–Crippen MR) is 119 cm³/mol. The van der Waals surface area contributed by atoms with Crippen LogP contribution in [0.4, 0.5) is 0 Å². The highest BCUT2D eigenvalue weighted by molar-refractivity contribution is 7.89. The first kappa shape index (κ1) is 22.2. The number of amides is 1. The number of rotatable bonds is 6. The minimum atomic E-state index is -3.21. The Morgan fingerprint density at radius 3 is 2.43 bits per heavy atom. The molecule has 0 spiro atoms. The lowest BCUT2D eigenvalue weighted by atomic mass is 10.1. The van der Waals surface area contributed by atoms with Crippen LogP contribution >= 0.6 is 0 Å². The van der Waals surface area contributed by atoms with Crippen molar-refractivity contribution in [3.63, 3.8) is 0 Å². The van der Waals surface area contributed by atoms with E-state index in [1.54, 1.807) is 24.9 Å². The Labute approximate surface area is 179 Å². The number of carbonyl (C=O) groups excluding carboxylic acids is 1. The molecule has 0 N–H and O–H groups in total. The van der Waals surface area contributed by atoms with Crippen molar-refractivity contribution in [1.29, 1.82) is 0 Å². The van der Waals surface area contributed by atoms with Crippen LogP contribution in [0, 0.1) is 13.8 Å². The fourth-order valence-corrected chi connectivity index (χ4v) is 4.93. The van der Waals surface area contributed by atoms with Crippen molar-refractivity contribution in [1.82, 2.24) is 19.0 Å². The van der Waals surface area contributed by atoms with Gasteiger partial charge in [-0.25, -0.2) is 17.4 Å². The summed E-state index contributed by atoms with van der Waals surface area (Å²) < 4.78 is 27.5. The van der Waals surface area contributed by atoms with Gasteiger partial charge in [-0.3, -0.25) is 4.79 Å². The van der Waals surface area contributed by atoms with Crippen LogP contribution < -0.4 is 0 Å². The molecule has 30 heavy (non-hydrogen) atoms. The van der Waals surface area contributed by atoms with Gasteiger partial charge in [-0.15, -0.1) is 0 Å². The average Bonchev–Trinajstić information content (AvgIpc) is 3.05. The lowest BCUT2D eigenvalue weighted by Crippen LogP contribution is -2.47. The molecule has 0 unspecified atom stereocenters. The van der Waals surface area contributed by atoms with Crippen LogP contribution in [0.3, 0.4) is 0 Å². The standard InChI is InChI=1S/C22H30N4O3S/c1-5-30(28,29)24(4)19-13-15-25(16-14-19)22(27)12-11-21-17(2)23-26(18(21)3)20-9-7-6-8-10-20/h6-12,19H,5,13-16H2,1-4H3. The van der Waals surface area contributed by atoms with Crippen molar-refractivity contribution in [2.45, 2.75) is 39.7 Å². The van der Waals surface area contributed by atoms with Gasteiger partial charge in [-0.2, -0.15) is 5.10 Å². The molecular weight excluding hydrogens is 400 g/mol. The number of benzene rings is 1. The van der Waals surface area contributed by atoms with Crippen molar-refractivity contribution in [2.75, 3.05) is 25.9 Å². The van der Waals surface area contributed by atoms with E-state index in [-0.39, 0.29) is 17.7 Å². The Morgan fingerprint density at radius 1 is 1.20 bits per heavy atom. The summed E-state index contributed by atoms with van der Waals surface area (Å²) in [5.74, 6) is 0.0431. The number of piperidine rings is 1. The zero-order valence-electron chi connectivity index (χ0n) is 18.1. The maximum absolute atomic E-state index is 12.7. The lowest BCUT2D eigenvalue weighted by Gasteiger charge is -2.35. The molecule has 1 aromatic heterocycles. The molecule has 0 aliphatic carbocycles. The third-order valence-electron chi connectivity index (χ3n) is 5.83. The number of para-hydroxylation sites is 1. The zero-order chi connectivity index (χ0) is 21.9. The molecule has 1 aliphatic heterocycles. The second-order valence-electron chi connectivity index (χ2n) is 7.64. The molecule has 0 atom stereocenters. The number of sulfonamides is 1. The van der Waals surface area contributed by atoms with Crippen LogP contribution in [-0.4, -0.2) is 65.2 Å². The van der Waals surface area contributed by atoms with Gasteiger partial charge >= 0.3 is 0 Å². The Morgan fingerprint density at radius 2 is 1.83 bits per heavy atom. The monoisotopic (exact) mass is 430 g/mol. The highest BCUT2D eigenvalue weighted by Gasteiger charge is 2.29. The summed E-state index contributed by atoms with van der Waals surface area (Å²) in [5, 5.41) is 4.61. The van der Waals surface area contributed by atoms with Crippen LogP contribution in [-0.2, 0) is 14.8 Å². The summed E-state index contributed by atoms with van der Waals surface area (Å²) in [6, 6.07) is 9.86. The number of likely N-dealkylation sites (tertiary alicyclic amines) is 1. The first-order valence-electron chi connectivity index (χ1n) is 10.3. The molecule has 162 valence electrons. The van der Waals surface area contributed by atoms with Crippen molar-refractivity contribution in [3.05, 3.63) is 53.4 Å². The first-order valence-corrected chi connectivity index (χ1v) is 11.9. The second-order valence-corrected chi connectivity index (χ2v) is 9.96. The molecule has 3 rings (SSSR count). The van der Waals surface area contributed by atoms with E-state index >= 15 is 0 Å². The molecule has 1 fully saturated rings. The van der Waals surface area contributed by atoms with E-state index in [1.807, 2.05) is 54.9 Å². The Kier molecular flexibility index (Phi) is 6.77. The maximum atomic E-state index is 12.7. The van der Waals surface area contributed by atoms with Gasteiger partial charge in [0.2, 0.25) is 15.9 Å². The van der Waals surface area contributed by atoms with Gasteiger partial charge in [0.15, 0.2) is 0 Å². The van der Waals surface area contributed by atoms with Gasteiger partial charge in [-0.1, -0.05) is 18.2 Å². The highest BCUT2D eigenvalue weighted by Crippen LogP contribution is 2.21. The van der Waals surface area contributed by atoms with Gasteiger partial charge < -0.3 is 4.90 Å². The molecule has 2 heterocycles. The third-order valence-corrected chi connectivity index (χ3v) is 7.74. The van der Waals surface area contributed by atoms with Crippen molar-refractivity contribution in [3.8, 4) is 5.69 Å². The second kappa shape index (κ2) is 9.14. The number of hydrogen-bond donors (Lipinski definition) is 0. The zero-order valence-corrected chi connectivity index (χ0v) is 18.9.